The quantitative estimate of drug-likeness (QED) is 0.833. The van der Waals surface area contributed by atoms with Crippen molar-refractivity contribution in [2.75, 3.05) is 11.9 Å². The first-order chi connectivity index (χ1) is 9.60. The maximum atomic E-state index is 12.2. The Morgan fingerprint density at radius 3 is 2.90 bits per heavy atom. The van der Waals surface area contributed by atoms with E-state index in [2.05, 4.69) is 22.1 Å². The van der Waals surface area contributed by atoms with E-state index in [9.17, 15) is 4.79 Å². The third kappa shape index (κ3) is 3.44. The highest BCUT2D eigenvalue weighted by atomic mass is 32.1. The van der Waals surface area contributed by atoms with Crippen molar-refractivity contribution in [1.82, 2.24) is 4.98 Å². The maximum absolute atomic E-state index is 12.2. The molecule has 0 saturated heterocycles. The SMILES string of the molecule is Cc1csc(NC(=O)c2cc(C#CCO)ccc2C)n1. The number of aryl methyl sites for hydroxylation is 2. The molecule has 1 aromatic carbocycles. The molecule has 1 heterocycles. The van der Waals surface area contributed by atoms with Crippen molar-refractivity contribution in [2.24, 2.45) is 0 Å². The molecule has 102 valence electrons. The van der Waals surface area contributed by atoms with Crippen LogP contribution in [0.1, 0.15) is 27.2 Å². The number of aliphatic hydroxyl groups is 1. The van der Waals surface area contributed by atoms with Gasteiger partial charge >= 0.3 is 0 Å². The summed E-state index contributed by atoms with van der Waals surface area (Å²) in [7, 11) is 0. The molecule has 4 nitrogen and oxygen atoms in total. The maximum Gasteiger partial charge on any atom is 0.257 e. The molecule has 0 aliphatic rings. The van der Waals surface area contributed by atoms with Crippen LogP contribution >= 0.6 is 11.3 Å². The van der Waals surface area contributed by atoms with Gasteiger partial charge in [-0.05, 0) is 31.5 Å². The Bertz CT molecular complexity index is 695. The van der Waals surface area contributed by atoms with Crippen LogP contribution in [-0.4, -0.2) is 22.6 Å². The van der Waals surface area contributed by atoms with Gasteiger partial charge in [0.2, 0.25) is 0 Å². The molecule has 5 heteroatoms. The second-order valence-corrected chi connectivity index (χ2v) is 5.10. The van der Waals surface area contributed by atoms with Crippen LogP contribution in [0.3, 0.4) is 0 Å². The summed E-state index contributed by atoms with van der Waals surface area (Å²) in [5.41, 5.74) is 3.00. The van der Waals surface area contributed by atoms with Crippen LogP contribution in [0.4, 0.5) is 5.13 Å². The highest BCUT2D eigenvalue weighted by Gasteiger charge is 2.11. The summed E-state index contributed by atoms with van der Waals surface area (Å²) in [5, 5.41) is 13.9. The highest BCUT2D eigenvalue weighted by molar-refractivity contribution is 7.13. The molecule has 0 bridgehead atoms. The van der Waals surface area contributed by atoms with Crippen LogP contribution in [0.5, 0.6) is 0 Å². The number of amides is 1. The molecular formula is C15H14N2O2S. The van der Waals surface area contributed by atoms with Gasteiger partial charge in [-0.15, -0.1) is 11.3 Å². The standard InChI is InChI=1S/C15H14N2O2S/c1-10-5-6-12(4-3-7-18)8-13(10)14(19)17-15-16-11(2)9-20-15/h5-6,8-9,18H,7H2,1-2H3,(H,16,17,19). The lowest BCUT2D eigenvalue weighted by molar-refractivity contribution is 0.102. The van der Waals surface area contributed by atoms with Crippen molar-refractivity contribution in [3.05, 3.63) is 46.0 Å². The average Bonchev–Trinajstić information content (AvgIpc) is 2.83. The Hall–Kier alpha value is -2.16. The molecule has 0 fully saturated rings. The lowest BCUT2D eigenvalue weighted by Crippen LogP contribution is -2.13. The first-order valence-electron chi connectivity index (χ1n) is 6.04. The topological polar surface area (TPSA) is 62.2 Å². The molecule has 1 amide bonds. The minimum Gasteiger partial charge on any atom is -0.384 e. The van der Waals surface area contributed by atoms with E-state index >= 15 is 0 Å². The number of carbonyl (C=O) groups is 1. The Morgan fingerprint density at radius 2 is 2.25 bits per heavy atom. The third-order valence-corrected chi connectivity index (χ3v) is 3.51. The van der Waals surface area contributed by atoms with Crippen LogP contribution in [0.25, 0.3) is 0 Å². The first-order valence-corrected chi connectivity index (χ1v) is 6.92. The first kappa shape index (κ1) is 14.3. The summed E-state index contributed by atoms with van der Waals surface area (Å²) >= 11 is 1.39. The van der Waals surface area contributed by atoms with Crippen LogP contribution in [0.15, 0.2) is 23.6 Å². The number of nitrogens with one attached hydrogen (secondary N) is 1. The Labute approximate surface area is 121 Å². The number of anilines is 1. The van der Waals surface area contributed by atoms with Gasteiger partial charge < -0.3 is 5.11 Å². The minimum atomic E-state index is -0.204. The largest absolute Gasteiger partial charge is 0.384 e. The Morgan fingerprint density at radius 1 is 1.45 bits per heavy atom. The molecule has 0 spiro atoms. The van der Waals surface area contributed by atoms with Crippen LogP contribution in [0.2, 0.25) is 0 Å². The number of rotatable bonds is 2. The Kier molecular flexibility index (Phi) is 4.51. The molecule has 0 aliphatic heterocycles. The smallest absolute Gasteiger partial charge is 0.257 e. The van der Waals surface area contributed by atoms with Crippen molar-refractivity contribution in [2.45, 2.75) is 13.8 Å². The molecule has 2 aromatic rings. The van der Waals surface area contributed by atoms with Gasteiger partial charge in [0.1, 0.15) is 6.61 Å². The number of hydrogen-bond donors (Lipinski definition) is 2. The third-order valence-electron chi connectivity index (χ3n) is 2.63. The molecule has 0 atom stereocenters. The second-order valence-electron chi connectivity index (χ2n) is 4.24. The molecule has 1 aromatic heterocycles. The van der Waals surface area contributed by atoms with E-state index < -0.39 is 0 Å². The molecule has 0 radical (unpaired) electrons. The highest BCUT2D eigenvalue weighted by Crippen LogP contribution is 2.17. The predicted octanol–water partition coefficient (Wildman–Crippen LogP) is 2.36. The molecule has 0 unspecified atom stereocenters. The zero-order valence-corrected chi connectivity index (χ0v) is 12.0. The van der Waals surface area contributed by atoms with Gasteiger partial charge in [0.15, 0.2) is 5.13 Å². The molecule has 0 saturated carbocycles. The Balaban J connectivity index is 2.24. The van der Waals surface area contributed by atoms with E-state index in [-0.39, 0.29) is 12.5 Å². The van der Waals surface area contributed by atoms with E-state index in [4.69, 9.17) is 5.11 Å². The number of hydrogen-bond acceptors (Lipinski definition) is 4. The van der Waals surface area contributed by atoms with Crippen molar-refractivity contribution >= 4 is 22.4 Å². The van der Waals surface area contributed by atoms with Gasteiger partial charge in [-0.2, -0.15) is 0 Å². The number of carbonyl (C=O) groups excluding carboxylic acids is 1. The number of aromatic nitrogens is 1. The van der Waals surface area contributed by atoms with Crippen molar-refractivity contribution in [3.63, 3.8) is 0 Å². The van der Waals surface area contributed by atoms with Gasteiger partial charge in [-0.1, -0.05) is 17.9 Å². The van der Waals surface area contributed by atoms with Gasteiger partial charge in [-0.25, -0.2) is 4.98 Å². The van der Waals surface area contributed by atoms with Gasteiger partial charge in [0.25, 0.3) is 5.91 Å². The molecule has 0 aliphatic carbocycles. The van der Waals surface area contributed by atoms with E-state index in [0.29, 0.717) is 16.3 Å². The summed E-state index contributed by atoms with van der Waals surface area (Å²) in [6.45, 7) is 3.54. The van der Waals surface area contributed by atoms with Crippen LogP contribution in [-0.2, 0) is 0 Å². The lowest BCUT2D eigenvalue weighted by atomic mass is 10.0. The molecular weight excluding hydrogens is 272 g/mol. The fourth-order valence-electron chi connectivity index (χ4n) is 1.66. The molecule has 20 heavy (non-hydrogen) atoms. The lowest BCUT2D eigenvalue weighted by Gasteiger charge is -2.06. The molecule has 2 N–H and O–H groups in total. The summed E-state index contributed by atoms with van der Waals surface area (Å²) < 4.78 is 0. The fourth-order valence-corrected chi connectivity index (χ4v) is 2.35. The van der Waals surface area contributed by atoms with E-state index in [1.165, 1.54) is 11.3 Å². The minimum absolute atomic E-state index is 0.201. The van der Waals surface area contributed by atoms with E-state index in [1.807, 2.05) is 31.4 Å². The predicted molar refractivity (Wildman–Crippen MR) is 79.9 cm³/mol. The van der Waals surface area contributed by atoms with Gasteiger partial charge in [-0.3, -0.25) is 10.1 Å². The average molecular weight is 286 g/mol. The second kappa shape index (κ2) is 6.33. The van der Waals surface area contributed by atoms with E-state index in [1.54, 1.807) is 6.07 Å². The molecule has 2 rings (SSSR count). The monoisotopic (exact) mass is 286 g/mol. The zero-order valence-electron chi connectivity index (χ0n) is 11.2. The van der Waals surface area contributed by atoms with Crippen LogP contribution < -0.4 is 5.32 Å². The van der Waals surface area contributed by atoms with Crippen molar-refractivity contribution < 1.29 is 9.90 Å². The van der Waals surface area contributed by atoms with Crippen molar-refractivity contribution in [3.8, 4) is 11.8 Å². The summed E-state index contributed by atoms with van der Waals surface area (Å²) in [4.78, 5) is 16.4. The zero-order chi connectivity index (χ0) is 14.5. The van der Waals surface area contributed by atoms with Gasteiger partial charge in [0, 0.05) is 16.5 Å². The van der Waals surface area contributed by atoms with Crippen LogP contribution in [0, 0.1) is 25.7 Å². The number of benzene rings is 1. The summed E-state index contributed by atoms with van der Waals surface area (Å²) in [6.07, 6.45) is 0. The number of aliphatic hydroxyl groups excluding tert-OH is 1. The normalized spacial score (nSPS) is 9.75. The van der Waals surface area contributed by atoms with Crippen molar-refractivity contribution in [1.29, 1.82) is 0 Å². The summed E-state index contributed by atoms with van der Waals surface area (Å²) in [5.74, 6) is 5.15. The fraction of sp³-hybridized carbons (Fsp3) is 0.200. The number of thiazole rings is 1. The van der Waals surface area contributed by atoms with E-state index in [0.717, 1.165) is 11.3 Å². The summed E-state index contributed by atoms with van der Waals surface area (Å²) in [6, 6.07) is 5.37. The number of nitrogens with zero attached hydrogens (tertiary/aromatic N) is 1. The van der Waals surface area contributed by atoms with Gasteiger partial charge in [0.05, 0.1) is 5.69 Å².